The first kappa shape index (κ1) is 20.1. The third kappa shape index (κ3) is 3.70. The van der Waals surface area contributed by atoms with Gasteiger partial charge in [-0.15, -0.1) is 0 Å². The zero-order chi connectivity index (χ0) is 21.1. The van der Waals surface area contributed by atoms with E-state index in [-0.39, 0.29) is 27.5 Å². The number of benzene rings is 2. The maximum absolute atomic E-state index is 12.9. The average Bonchev–Trinajstić information content (AvgIpc) is 2.96. The lowest BCUT2D eigenvalue weighted by Crippen LogP contribution is -2.33. The molecule has 1 N–H and O–H groups in total. The lowest BCUT2D eigenvalue weighted by molar-refractivity contribution is -0.120. The number of nitrogens with zero attached hydrogens (tertiary/aromatic N) is 1. The number of hydrogen-bond donors (Lipinski definition) is 1. The fourth-order valence-electron chi connectivity index (χ4n) is 2.77. The van der Waals surface area contributed by atoms with Crippen LogP contribution in [0.4, 0.5) is 11.4 Å². The lowest BCUT2D eigenvalue weighted by Gasteiger charge is -2.18. The minimum absolute atomic E-state index is 0.0371. The van der Waals surface area contributed by atoms with Gasteiger partial charge in [0.1, 0.15) is 10.7 Å². The summed E-state index contributed by atoms with van der Waals surface area (Å²) in [5.41, 5.74) is 0.505. The van der Waals surface area contributed by atoms with Crippen molar-refractivity contribution >= 4 is 46.7 Å². The van der Waals surface area contributed by atoms with Gasteiger partial charge in [-0.2, -0.15) is 0 Å². The van der Waals surface area contributed by atoms with E-state index in [1.807, 2.05) is 0 Å². The Morgan fingerprint density at radius 3 is 2.31 bits per heavy atom. The van der Waals surface area contributed by atoms with Crippen molar-refractivity contribution < 1.29 is 28.7 Å². The van der Waals surface area contributed by atoms with Gasteiger partial charge in [0.05, 0.1) is 31.0 Å². The van der Waals surface area contributed by atoms with E-state index in [2.05, 4.69) is 10.1 Å². The van der Waals surface area contributed by atoms with Crippen molar-refractivity contribution in [2.75, 3.05) is 24.4 Å². The van der Waals surface area contributed by atoms with Crippen molar-refractivity contribution in [1.82, 2.24) is 0 Å². The SMILES string of the molecule is COC(=O)c1cccc(NC2=C(Cl)C(=O)N(c3ccccc3C(=O)OC)C2=O)c1. The smallest absolute Gasteiger partial charge is 0.339 e. The highest BCUT2D eigenvalue weighted by molar-refractivity contribution is 6.53. The molecule has 2 amide bonds. The number of halogens is 1. The van der Waals surface area contributed by atoms with Gasteiger partial charge in [-0.1, -0.05) is 29.8 Å². The van der Waals surface area contributed by atoms with E-state index in [0.29, 0.717) is 5.69 Å². The highest BCUT2D eigenvalue weighted by atomic mass is 35.5. The molecule has 0 bridgehead atoms. The van der Waals surface area contributed by atoms with E-state index in [1.54, 1.807) is 24.3 Å². The van der Waals surface area contributed by atoms with Gasteiger partial charge < -0.3 is 14.8 Å². The molecule has 0 spiro atoms. The molecule has 2 aromatic carbocycles. The second-order valence-electron chi connectivity index (χ2n) is 5.84. The van der Waals surface area contributed by atoms with Crippen molar-refractivity contribution in [3.05, 3.63) is 70.4 Å². The molecule has 0 saturated heterocycles. The molecule has 0 saturated carbocycles. The molecule has 1 aliphatic rings. The van der Waals surface area contributed by atoms with Gasteiger partial charge in [-0.25, -0.2) is 14.5 Å². The third-order valence-electron chi connectivity index (χ3n) is 4.13. The summed E-state index contributed by atoms with van der Waals surface area (Å²) in [5.74, 6) is -2.81. The van der Waals surface area contributed by atoms with Crippen LogP contribution in [0.5, 0.6) is 0 Å². The number of carbonyl (C=O) groups is 4. The van der Waals surface area contributed by atoms with Gasteiger partial charge in [-0.05, 0) is 30.3 Å². The number of hydrogen-bond acceptors (Lipinski definition) is 7. The quantitative estimate of drug-likeness (QED) is 0.592. The number of esters is 2. The minimum atomic E-state index is -0.792. The number of anilines is 2. The summed E-state index contributed by atoms with van der Waals surface area (Å²) in [5, 5.41) is 2.42. The van der Waals surface area contributed by atoms with Crippen LogP contribution in [0.15, 0.2) is 59.3 Å². The second-order valence-corrected chi connectivity index (χ2v) is 6.22. The molecular weight excluding hydrogens is 400 g/mol. The van der Waals surface area contributed by atoms with Crippen LogP contribution in [0.3, 0.4) is 0 Å². The summed E-state index contributed by atoms with van der Waals surface area (Å²) in [6.07, 6.45) is 0. The summed E-state index contributed by atoms with van der Waals surface area (Å²) < 4.78 is 9.37. The van der Waals surface area contributed by atoms with Crippen molar-refractivity contribution in [2.45, 2.75) is 0 Å². The Morgan fingerprint density at radius 1 is 0.931 bits per heavy atom. The number of rotatable bonds is 5. The normalized spacial score (nSPS) is 13.6. The largest absolute Gasteiger partial charge is 0.465 e. The van der Waals surface area contributed by atoms with Crippen molar-refractivity contribution in [3.63, 3.8) is 0 Å². The van der Waals surface area contributed by atoms with Crippen LogP contribution in [0.1, 0.15) is 20.7 Å². The average molecular weight is 415 g/mol. The van der Waals surface area contributed by atoms with E-state index in [9.17, 15) is 19.2 Å². The highest BCUT2D eigenvalue weighted by Gasteiger charge is 2.40. The maximum atomic E-state index is 12.9. The summed E-state index contributed by atoms with van der Waals surface area (Å²) in [6.45, 7) is 0. The molecule has 0 atom stereocenters. The number of imide groups is 1. The molecule has 0 aromatic heterocycles. The zero-order valence-electron chi connectivity index (χ0n) is 15.4. The Morgan fingerprint density at radius 2 is 1.62 bits per heavy atom. The number of ether oxygens (including phenoxy) is 2. The molecule has 0 aliphatic carbocycles. The molecule has 1 heterocycles. The summed E-state index contributed by atoms with van der Waals surface area (Å²) in [7, 11) is 2.44. The Bertz CT molecular complexity index is 1060. The van der Waals surface area contributed by atoms with Crippen molar-refractivity contribution in [3.8, 4) is 0 Å². The Balaban J connectivity index is 1.95. The molecule has 3 rings (SSSR count). The number of methoxy groups -OCH3 is 2. The predicted molar refractivity (Wildman–Crippen MR) is 105 cm³/mol. The van der Waals surface area contributed by atoms with Crippen molar-refractivity contribution in [2.24, 2.45) is 0 Å². The molecule has 0 radical (unpaired) electrons. The van der Waals surface area contributed by atoms with Gasteiger partial charge in [-0.3, -0.25) is 9.59 Å². The number of nitrogens with one attached hydrogen (secondary N) is 1. The van der Waals surface area contributed by atoms with Gasteiger partial charge in [0, 0.05) is 5.69 Å². The maximum Gasteiger partial charge on any atom is 0.339 e. The molecule has 148 valence electrons. The van der Waals surface area contributed by atoms with E-state index in [0.717, 1.165) is 4.90 Å². The summed E-state index contributed by atoms with van der Waals surface area (Å²) in [6, 6.07) is 12.2. The molecular formula is C20H15ClN2O6. The number of para-hydroxylation sites is 1. The number of amides is 2. The van der Waals surface area contributed by atoms with Crippen LogP contribution in [0, 0.1) is 0 Å². The van der Waals surface area contributed by atoms with E-state index >= 15 is 0 Å². The van der Waals surface area contributed by atoms with Crippen LogP contribution in [-0.4, -0.2) is 38.0 Å². The molecule has 0 unspecified atom stereocenters. The standard InChI is InChI=1S/C20H15ClN2O6/c1-28-19(26)11-6-5-7-12(10-11)22-16-15(21)17(24)23(18(16)25)14-9-4-3-8-13(14)20(27)29-2/h3-10,22H,1-2H3. The number of carbonyl (C=O) groups excluding carboxylic acids is 4. The van der Waals surface area contributed by atoms with Gasteiger partial charge in [0.15, 0.2) is 0 Å². The monoisotopic (exact) mass is 414 g/mol. The summed E-state index contributed by atoms with van der Waals surface area (Å²) >= 11 is 6.11. The van der Waals surface area contributed by atoms with Gasteiger partial charge >= 0.3 is 11.9 Å². The minimum Gasteiger partial charge on any atom is -0.465 e. The van der Waals surface area contributed by atoms with Crippen LogP contribution in [0.25, 0.3) is 0 Å². The van der Waals surface area contributed by atoms with Gasteiger partial charge in [0.25, 0.3) is 11.8 Å². The first-order valence-electron chi connectivity index (χ1n) is 8.30. The highest BCUT2D eigenvalue weighted by Crippen LogP contribution is 2.32. The molecule has 1 aliphatic heterocycles. The van der Waals surface area contributed by atoms with E-state index < -0.39 is 23.8 Å². The molecule has 2 aromatic rings. The van der Waals surface area contributed by atoms with Crippen molar-refractivity contribution in [1.29, 1.82) is 0 Å². The lowest BCUT2D eigenvalue weighted by atomic mass is 10.1. The van der Waals surface area contributed by atoms with Crippen LogP contribution in [-0.2, 0) is 19.1 Å². The molecule has 9 heteroatoms. The Labute approximate surface area is 170 Å². The fraction of sp³-hybridized carbons (Fsp3) is 0.100. The van der Waals surface area contributed by atoms with Crippen LogP contribution in [0.2, 0.25) is 0 Å². The molecule has 8 nitrogen and oxygen atoms in total. The van der Waals surface area contributed by atoms with Gasteiger partial charge in [0.2, 0.25) is 0 Å². The predicted octanol–water partition coefficient (Wildman–Crippen LogP) is 2.70. The first-order chi connectivity index (χ1) is 13.9. The zero-order valence-corrected chi connectivity index (χ0v) is 16.1. The summed E-state index contributed by atoms with van der Waals surface area (Å²) in [4.78, 5) is 50.1. The molecule has 0 fully saturated rings. The van der Waals surface area contributed by atoms with E-state index in [4.69, 9.17) is 16.3 Å². The topological polar surface area (TPSA) is 102 Å². The Kier molecular flexibility index (Phi) is 5.65. The van der Waals surface area contributed by atoms with Crippen LogP contribution < -0.4 is 10.2 Å². The fourth-order valence-corrected chi connectivity index (χ4v) is 2.98. The van der Waals surface area contributed by atoms with Crippen LogP contribution >= 0.6 is 11.6 Å². The van der Waals surface area contributed by atoms with E-state index in [1.165, 1.54) is 38.5 Å². The molecule has 29 heavy (non-hydrogen) atoms. The third-order valence-corrected chi connectivity index (χ3v) is 4.48. The first-order valence-corrected chi connectivity index (χ1v) is 8.68. The second kappa shape index (κ2) is 8.15. The Hall–Kier alpha value is -3.65.